The topological polar surface area (TPSA) is 175 Å². The highest BCUT2D eigenvalue weighted by atomic mass is 16.7. The molecule has 0 aromatic rings. The molecule has 0 radical (unpaired) electrons. The quantitative estimate of drug-likeness (QED) is 0.0228. The third kappa shape index (κ3) is 45.3. The lowest BCUT2D eigenvalue weighted by Crippen LogP contribution is -2.61. The number of ether oxygens (including phenoxy) is 5. The largest absolute Gasteiger partial charge is 0.479 e. The lowest BCUT2D eigenvalue weighted by molar-refractivity contribution is -0.301. The third-order valence-corrected chi connectivity index (χ3v) is 13.5. The van der Waals surface area contributed by atoms with E-state index in [1.807, 2.05) is 12.2 Å². The number of carbonyl (C=O) groups is 4. The van der Waals surface area contributed by atoms with Gasteiger partial charge in [-0.1, -0.05) is 226 Å². The summed E-state index contributed by atoms with van der Waals surface area (Å²) >= 11 is 0. The summed E-state index contributed by atoms with van der Waals surface area (Å²) in [7, 11) is 0. The standard InChI is InChI=1S/C69H110O12/c1-4-7-10-13-16-19-22-25-27-29-31-33-35-38-40-43-46-49-52-55-61(70)77-58-60(79-62(71)56-53-50-47-44-41-37-24-21-18-15-12-9-6-3)59-78-69-67(65(74)64(73)66(81-69)68(75)76)80-63(72)57-54-51-48-45-42-39-36-34-32-30-28-26-23-20-17-14-11-8-5-2/h8-9,11-12,17-18,20-21,25-28,32,34,37,39,41-42,47,50,60,64-67,69,73-74H,4-7,10,13-16,19,22-24,29-31,33,35-36,38,40,43-46,48-49,51-59H2,1-3H3,(H,75,76)/b11-8-,12-9-,20-17-,21-18-,27-25-,28-26-,34-32-,41-37-,42-39-,50-47-. The summed E-state index contributed by atoms with van der Waals surface area (Å²) in [5.74, 6) is -3.29. The minimum Gasteiger partial charge on any atom is -0.479 e. The van der Waals surface area contributed by atoms with Crippen molar-refractivity contribution in [2.45, 2.75) is 276 Å². The van der Waals surface area contributed by atoms with E-state index in [1.54, 1.807) is 0 Å². The van der Waals surface area contributed by atoms with E-state index < -0.39 is 67.3 Å². The number of hydrogen-bond acceptors (Lipinski definition) is 11. The van der Waals surface area contributed by atoms with Crippen LogP contribution in [0.2, 0.25) is 0 Å². The van der Waals surface area contributed by atoms with E-state index in [9.17, 15) is 34.5 Å². The number of rotatable bonds is 52. The maximum atomic E-state index is 13.1. The zero-order chi connectivity index (χ0) is 58.9. The molecule has 0 spiro atoms. The molecule has 0 amide bonds. The van der Waals surface area contributed by atoms with Crippen molar-refractivity contribution in [3.8, 4) is 0 Å². The van der Waals surface area contributed by atoms with Gasteiger partial charge in [0.1, 0.15) is 18.8 Å². The molecule has 1 aliphatic heterocycles. The first-order valence-corrected chi connectivity index (χ1v) is 31.5. The van der Waals surface area contributed by atoms with Gasteiger partial charge in [0, 0.05) is 19.3 Å². The predicted molar refractivity (Wildman–Crippen MR) is 330 cm³/mol. The van der Waals surface area contributed by atoms with Gasteiger partial charge in [-0.3, -0.25) is 14.4 Å². The highest BCUT2D eigenvalue weighted by Gasteiger charge is 2.50. The first kappa shape index (κ1) is 74.1. The fraction of sp³-hybridized carbons (Fsp3) is 0.652. The predicted octanol–water partition coefficient (Wildman–Crippen LogP) is 16.8. The normalized spacial score (nSPS) is 18.6. The Labute approximate surface area is 490 Å². The highest BCUT2D eigenvalue weighted by Crippen LogP contribution is 2.26. The van der Waals surface area contributed by atoms with E-state index >= 15 is 0 Å². The summed E-state index contributed by atoms with van der Waals surface area (Å²) in [5.41, 5.74) is 0. The number of hydrogen-bond donors (Lipinski definition) is 3. The van der Waals surface area contributed by atoms with Crippen LogP contribution in [0.1, 0.15) is 239 Å². The van der Waals surface area contributed by atoms with Crippen molar-refractivity contribution in [2.75, 3.05) is 13.2 Å². The van der Waals surface area contributed by atoms with Gasteiger partial charge in [0.15, 0.2) is 24.6 Å². The minimum atomic E-state index is -1.93. The Morgan fingerprint density at radius 3 is 1.26 bits per heavy atom. The van der Waals surface area contributed by atoms with E-state index in [-0.39, 0.29) is 25.9 Å². The smallest absolute Gasteiger partial charge is 0.335 e. The van der Waals surface area contributed by atoms with Crippen molar-refractivity contribution in [3.63, 3.8) is 0 Å². The number of aliphatic carboxylic acids is 1. The molecule has 0 aromatic heterocycles. The van der Waals surface area contributed by atoms with Crippen LogP contribution in [-0.4, -0.2) is 89.2 Å². The van der Waals surface area contributed by atoms with Crippen LogP contribution < -0.4 is 0 Å². The zero-order valence-corrected chi connectivity index (χ0v) is 50.5. The second-order valence-electron chi connectivity index (χ2n) is 20.9. The maximum Gasteiger partial charge on any atom is 0.335 e. The molecule has 0 saturated carbocycles. The molecule has 12 nitrogen and oxygen atoms in total. The summed E-state index contributed by atoms with van der Waals surface area (Å²) in [6.07, 6.45) is 64.7. The number of aliphatic hydroxyl groups is 2. The summed E-state index contributed by atoms with van der Waals surface area (Å²) < 4.78 is 28.4. The number of unbranched alkanes of at least 4 members (excludes halogenated alkanes) is 18. The molecule has 1 saturated heterocycles. The second kappa shape index (κ2) is 55.6. The van der Waals surface area contributed by atoms with Crippen molar-refractivity contribution in [1.82, 2.24) is 0 Å². The molecule has 1 aliphatic rings. The molecule has 0 bridgehead atoms. The van der Waals surface area contributed by atoms with Crippen LogP contribution in [0.4, 0.5) is 0 Å². The summed E-state index contributed by atoms with van der Waals surface area (Å²) in [4.78, 5) is 51.2. The van der Waals surface area contributed by atoms with Crippen molar-refractivity contribution in [2.24, 2.45) is 0 Å². The summed E-state index contributed by atoms with van der Waals surface area (Å²) in [5, 5.41) is 31.5. The fourth-order valence-corrected chi connectivity index (χ4v) is 8.76. The van der Waals surface area contributed by atoms with Crippen molar-refractivity contribution >= 4 is 23.9 Å². The fourth-order valence-electron chi connectivity index (χ4n) is 8.76. The first-order valence-electron chi connectivity index (χ1n) is 31.5. The second-order valence-corrected chi connectivity index (χ2v) is 20.9. The van der Waals surface area contributed by atoms with Gasteiger partial charge in [-0.05, 0) is 116 Å². The van der Waals surface area contributed by atoms with Crippen LogP contribution in [-0.2, 0) is 42.9 Å². The van der Waals surface area contributed by atoms with Gasteiger partial charge in [0.2, 0.25) is 0 Å². The van der Waals surface area contributed by atoms with E-state index in [4.69, 9.17) is 23.7 Å². The lowest BCUT2D eigenvalue weighted by atomic mass is 9.98. The molecular formula is C69H110O12. The van der Waals surface area contributed by atoms with Crippen molar-refractivity contribution in [1.29, 1.82) is 0 Å². The van der Waals surface area contributed by atoms with E-state index in [1.165, 1.54) is 83.5 Å². The monoisotopic (exact) mass is 1130 g/mol. The Kier molecular flexibility index (Phi) is 50.9. The van der Waals surface area contributed by atoms with Gasteiger partial charge < -0.3 is 39.0 Å². The molecule has 6 atom stereocenters. The summed E-state index contributed by atoms with van der Waals surface area (Å²) in [6.45, 7) is 5.69. The van der Waals surface area contributed by atoms with Crippen LogP contribution in [0.25, 0.3) is 0 Å². The van der Waals surface area contributed by atoms with E-state index in [0.29, 0.717) is 25.7 Å². The van der Waals surface area contributed by atoms with Crippen LogP contribution in [0.3, 0.4) is 0 Å². The summed E-state index contributed by atoms with van der Waals surface area (Å²) in [6, 6.07) is 0. The van der Waals surface area contributed by atoms with Gasteiger partial charge in [-0.15, -0.1) is 0 Å². The zero-order valence-electron chi connectivity index (χ0n) is 50.5. The molecule has 0 aliphatic carbocycles. The Bertz CT molecular complexity index is 1870. The molecule has 6 unspecified atom stereocenters. The number of carbonyl (C=O) groups excluding carboxylic acids is 3. The number of allylic oxidation sites excluding steroid dienone is 20. The maximum absolute atomic E-state index is 13.1. The molecule has 1 fully saturated rings. The average Bonchev–Trinajstić information content (AvgIpc) is 3.54. The van der Waals surface area contributed by atoms with Crippen LogP contribution in [0.15, 0.2) is 122 Å². The van der Waals surface area contributed by atoms with Crippen molar-refractivity contribution in [3.05, 3.63) is 122 Å². The minimum absolute atomic E-state index is 0.00715. The van der Waals surface area contributed by atoms with Gasteiger partial charge in [0.25, 0.3) is 0 Å². The Balaban J connectivity index is 2.70. The third-order valence-electron chi connectivity index (χ3n) is 13.5. The molecule has 458 valence electrons. The van der Waals surface area contributed by atoms with Gasteiger partial charge >= 0.3 is 23.9 Å². The Morgan fingerprint density at radius 2 is 0.802 bits per heavy atom. The molecule has 3 N–H and O–H groups in total. The Hall–Kier alpha value is -4.88. The first-order chi connectivity index (χ1) is 39.6. The Morgan fingerprint density at radius 1 is 0.420 bits per heavy atom. The van der Waals surface area contributed by atoms with E-state index in [2.05, 4.69) is 130 Å². The number of carboxylic acids is 1. The highest BCUT2D eigenvalue weighted by molar-refractivity contribution is 5.74. The number of esters is 3. The van der Waals surface area contributed by atoms with Crippen LogP contribution >= 0.6 is 0 Å². The molecule has 1 rings (SSSR count). The molecular weight excluding hydrogens is 1020 g/mol. The molecule has 81 heavy (non-hydrogen) atoms. The van der Waals surface area contributed by atoms with Crippen LogP contribution in [0.5, 0.6) is 0 Å². The number of carboxylic acid groups (broad SMARTS) is 1. The lowest BCUT2D eigenvalue weighted by Gasteiger charge is -2.40. The SMILES string of the molecule is CC/C=C\C/C=C\C/C=C\C/C=C\C/C=C\CCCCCC(=O)OC1C(OCC(COC(=O)CCCCCCCCCCC/C=C\CCCCCCCC)OC(=O)CC/C=C\C/C=C\C/C=C\C/C=C\CC)OC(C(=O)O)C(O)C1O. The van der Waals surface area contributed by atoms with Gasteiger partial charge in [0.05, 0.1) is 6.61 Å². The van der Waals surface area contributed by atoms with Crippen LogP contribution in [0, 0.1) is 0 Å². The number of aliphatic hydroxyl groups excluding tert-OH is 2. The van der Waals surface area contributed by atoms with Crippen molar-refractivity contribution < 1.29 is 58.2 Å². The molecule has 1 heterocycles. The molecule has 0 aromatic carbocycles. The van der Waals surface area contributed by atoms with Gasteiger partial charge in [-0.2, -0.15) is 0 Å². The average molecular weight is 1130 g/mol. The molecule has 12 heteroatoms. The van der Waals surface area contributed by atoms with Gasteiger partial charge in [-0.25, -0.2) is 4.79 Å². The van der Waals surface area contributed by atoms with E-state index in [0.717, 1.165) is 89.9 Å².